The first kappa shape index (κ1) is 11.6. The molecule has 0 saturated heterocycles. The van der Waals surface area contributed by atoms with Crippen molar-refractivity contribution in [1.29, 1.82) is 5.26 Å². The van der Waals surface area contributed by atoms with Crippen LogP contribution in [0.4, 0.5) is 5.69 Å². The molecule has 0 spiro atoms. The van der Waals surface area contributed by atoms with Crippen LogP contribution in [0.1, 0.15) is 21.0 Å². The molecule has 1 aromatic heterocycles. The van der Waals surface area contributed by atoms with Gasteiger partial charge in [-0.2, -0.15) is 5.26 Å². The maximum atomic E-state index is 9.04. The maximum Gasteiger partial charge on any atom is 0.112 e. The molecular formula is C13H13N3S. The molecule has 1 aromatic carbocycles. The summed E-state index contributed by atoms with van der Waals surface area (Å²) in [5.74, 6) is 0. The zero-order valence-corrected chi connectivity index (χ0v) is 10.6. The monoisotopic (exact) mass is 243 g/mol. The molecule has 86 valence electrons. The summed E-state index contributed by atoms with van der Waals surface area (Å²) in [7, 11) is 0. The van der Waals surface area contributed by atoms with Gasteiger partial charge in [0.2, 0.25) is 0 Å². The first-order chi connectivity index (χ1) is 8.19. The third-order valence-corrected chi connectivity index (χ3v) is 3.31. The van der Waals surface area contributed by atoms with E-state index >= 15 is 0 Å². The van der Waals surface area contributed by atoms with E-state index in [4.69, 9.17) is 5.26 Å². The molecule has 0 atom stereocenters. The molecule has 0 aliphatic rings. The number of benzene rings is 1. The topological polar surface area (TPSA) is 48.7 Å². The lowest BCUT2D eigenvalue weighted by atomic mass is 10.1. The van der Waals surface area contributed by atoms with Crippen molar-refractivity contribution in [1.82, 2.24) is 4.98 Å². The van der Waals surface area contributed by atoms with Gasteiger partial charge >= 0.3 is 0 Å². The number of aromatic nitrogens is 1. The Morgan fingerprint density at radius 3 is 2.88 bits per heavy atom. The van der Waals surface area contributed by atoms with E-state index in [-0.39, 0.29) is 0 Å². The lowest BCUT2D eigenvalue weighted by Crippen LogP contribution is -2.00. The van der Waals surface area contributed by atoms with Gasteiger partial charge in [-0.3, -0.25) is 0 Å². The summed E-state index contributed by atoms with van der Waals surface area (Å²) >= 11 is 1.67. The van der Waals surface area contributed by atoms with Crippen LogP contribution in [-0.2, 0) is 6.54 Å². The van der Waals surface area contributed by atoms with Crippen LogP contribution in [0, 0.1) is 25.2 Å². The zero-order chi connectivity index (χ0) is 12.3. The summed E-state index contributed by atoms with van der Waals surface area (Å²) in [5.41, 5.74) is 2.64. The van der Waals surface area contributed by atoms with Crippen molar-refractivity contribution in [2.75, 3.05) is 5.32 Å². The molecule has 17 heavy (non-hydrogen) atoms. The minimum atomic E-state index is 0.663. The number of nitrogens with zero attached hydrogens (tertiary/aromatic N) is 2. The number of thiazole rings is 1. The van der Waals surface area contributed by atoms with Gasteiger partial charge in [-0.1, -0.05) is 6.07 Å². The lowest BCUT2D eigenvalue weighted by molar-refractivity contribution is 1.10. The average molecular weight is 243 g/mol. The van der Waals surface area contributed by atoms with Crippen LogP contribution in [0.15, 0.2) is 24.4 Å². The molecule has 2 rings (SSSR count). The first-order valence-corrected chi connectivity index (χ1v) is 6.16. The number of anilines is 1. The van der Waals surface area contributed by atoms with Crippen molar-refractivity contribution in [3.8, 4) is 6.07 Å². The number of rotatable bonds is 3. The van der Waals surface area contributed by atoms with Crippen molar-refractivity contribution >= 4 is 17.0 Å². The number of hydrogen-bond donors (Lipinski definition) is 1. The van der Waals surface area contributed by atoms with Gasteiger partial charge in [0.15, 0.2) is 0 Å². The Morgan fingerprint density at radius 1 is 1.41 bits per heavy atom. The van der Waals surface area contributed by atoms with Gasteiger partial charge in [-0.25, -0.2) is 4.98 Å². The van der Waals surface area contributed by atoms with Gasteiger partial charge in [0, 0.05) is 11.1 Å². The molecule has 0 fully saturated rings. The van der Waals surface area contributed by atoms with Crippen LogP contribution >= 0.6 is 11.3 Å². The Morgan fingerprint density at radius 2 is 2.24 bits per heavy atom. The summed E-state index contributed by atoms with van der Waals surface area (Å²) in [6.45, 7) is 4.68. The van der Waals surface area contributed by atoms with Gasteiger partial charge in [0.1, 0.15) is 11.1 Å². The van der Waals surface area contributed by atoms with E-state index in [1.165, 1.54) is 4.88 Å². The quantitative estimate of drug-likeness (QED) is 0.900. The van der Waals surface area contributed by atoms with Crippen LogP contribution in [0.3, 0.4) is 0 Å². The third kappa shape index (κ3) is 2.83. The molecule has 0 saturated carbocycles. The average Bonchev–Trinajstić information content (AvgIpc) is 2.73. The predicted octanol–water partition coefficient (Wildman–Crippen LogP) is 3.24. The fraction of sp³-hybridized carbons (Fsp3) is 0.231. The van der Waals surface area contributed by atoms with Gasteiger partial charge in [-0.05, 0) is 31.5 Å². The highest BCUT2D eigenvalue weighted by Gasteiger charge is 2.03. The minimum Gasteiger partial charge on any atom is -0.377 e. The Kier molecular flexibility index (Phi) is 3.40. The molecule has 2 aromatic rings. The molecule has 1 N–H and O–H groups in total. The van der Waals surface area contributed by atoms with E-state index in [1.54, 1.807) is 11.3 Å². The van der Waals surface area contributed by atoms with Crippen molar-refractivity contribution < 1.29 is 0 Å². The molecule has 0 aliphatic carbocycles. The van der Waals surface area contributed by atoms with Crippen molar-refractivity contribution in [3.05, 3.63) is 45.4 Å². The minimum absolute atomic E-state index is 0.663. The molecule has 0 aliphatic heterocycles. The zero-order valence-electron chi connectivity index (χ0n) is 9.82. The standard InChI is InChI=1S/C13H13N3S/c1-9-3-4-12(11(5-9)6-14)15-8-13-16-7-10(2)17-13/h3-5,7,15H,8H2,1-2H3. The Labute approximate surface area is 105 Å². The fourth-order valence-electron chi connectivity index (χ4n) is 1.56. The Balaban J connectivity index is 2.12. The van der Waals surface area contributed by atoms with E-state index in [9.17, 15) is 0 Å². The van der Waals surface area contributed by atoms with Crippen LogP contribution in [-0.4, -0.2) is 4.98 Å². The van der Waals surface area contributed by atoms with Crippen molar-refractivity contribution in [2.24, 2.45) is 0 Å². The summed E-state index contributed by atoms with van der Waals surface area (Å²) < 4.78 is 0. The molecule has 3 nitrogen and oxygen atoms in total. The molecule has 1 heterocycles. The fourth-order valence-corrected chi connectivity index (χ4v) is 2.29. The van der Waals surface area contributed by atoms with Crippen LogP contribution in [0.5, 0.6) is 0 Å². The van der Waals surface area contributed by atoms with Gasteiger partial charge < -0.3 is 5.32 Å². The normalized spacial score (nSPS) is 9.94. The second-order valence-corrected chi connectivity index (χ2v) is 5.20. The van der Waals surface area contributed by atoms with Gasteiger partial charge in [0.25, 0.3) is 0 Å². The Bertz CT molecular complexity index is 566. The van der Waals surface area contributed by atoms with Crippen LogP contribution in [0.25, 0.3) is 0 Å². The smallest absolute Gasteiger partial charge is 0.112 e. The summed E-state index contributed by atoms with van der Waals surface area (Å²) in [6.07, 6.45) is 1.86. The molecular weight excluding hydrogens is 230 g/mol. The number of aryl methyl sites for hydroxylation is 2. The second-order valence-electron chi connectivity index (χ2n) is 3.88. The van der Waals surface area contributed by atoms with Gasteiger partial charge in [0.05, 0.1) is 17.8 Å². The molecule has 0 bridgehead atoms. The van der Waals surface area contributed by atoms with E-state index in [2.05, 4.69) is 16.4 Å². The third-order valence-electron chi connectivity index (χ3n) is 2.39. The molecule has 0 amide bonds. The highest BCUT2D eigenvalue weighted by atomic mass is 32.1. The highest BCUT2D eigenvalue weighted by molar-refractivity contribution is 7.11. The molecule has 0 radical (unpaired) electrons. The van der Waals surface area contributed by atoms with E-state index < -0.39 is 0 Å². The van der Waals surface area contributed by atoms with E-state index in [0.717, 1.165) is 16.3 Å². The van der Waals surface area contributed by atoms with Gasteiger partial charge in [-0.15, -0.1) is 11.3 Å². The lowest BCUT2D eigenvalue weighted by Gasteiger charge is -2.06. The summed E-state index contributed by atoms with van der Waals surface area (Å²) in [4.78, 5) is 5.48. The summed E-state index contributed by atoms with van der Waals surface area (Å²) in [6, 6.07) is 8.02. The highest BCUT2D eigenvalue weighted by Crippen LogP contribution is 2.18. The Hall–Kier alpha value is -1.86. The summed E-state index contributed by atoms with van der Waals surface area (Å²) in [5, 5.41) is 13.3. The number of nitriles is 1. The molecule has 0 unspecified atom stereocenters. The van der Waals surface area contributed by atoms with Crippen LogP contribution in [0.2, 0.25) is 0 Å². The van der Waals surface area contributed by atoms with Crippen LogP contribution < -0.4 is 5.32 Å². The van der Waals surface area contributed by atoms with E-state index in [0.29, 0.717) is 12.1 Å². The maximum absolute atomic E-state index is 9.04. The van der Waals surface area contributed by atoms with Crippen molar-refractivity contribution in [3.63, 3.8) is 0 Å². The van der Waals surface area contributed by atoms with Crippen molar-refractivity contribution in [2.45, 2.75) is 20.4 Å². The second kappa shape index (κ2) is 4.98. The van der Waals surface area contributed by atoms with E-state index in [1.807, 2.05) is 38.2 Å². The first-order valence-electron chi connectivity index (χ1n) is 5.35. The number of hydrogen-bond acceptors (Lipinski definition) is 4. The predicted molar refractivity (Wildman–Crippen MR) is 70.1 cm³/mol. The largest absolute Gasteiger partial charge is 0.377 e. The molecule has 4 heteroatoms. The SMILES string of the molecule is Cc1ccc(NCc2ncc(C)s2)c(C#N)c1. The number of nitrogens with one attached hydrogen (secondary N) is 1.